The number of rotatable bonds is 3. The van der Waals surface area contributed by atoms with Crippen LogP contribution in [0.25, 0.3) is 0 Å². The van der Waals surface area contributed by atoms with Crippen LogP contribution in [-0.2, 0) is 6.61 Å². The zero-order valence-corrected chi connectivity index (χ0v) is 11.1. The molecule has 18 heavy (non-hydrogen) atoms. The molecule has 6 heteroatoms. The molecule has 0 aliphatic carbocycles. The largest absolute Gasteiger partial charge is 0.424 e. The van der Waals surface area contributed by atoms with Crippen LogP contribution in [0, 0.1) is 12.7 Å². The average Bonchev–Trinajstić information content (AvgIpc) is 2.33. The first-order chi connectivity index (χ1) is 8.58. The predicted molar refractivity (Wildman–Crippen MR) is 66.9 cm³/mol. The van der Waals surface area contributed by atoms with Gasteiger partial charge in [-0.1, -0.05) is 0 Å². The standard InChI is InChI=1S/C12H10BrFN2O2/c1-7-4-8(6-17)16-12(15-7)18-9-2-3-10(13)11(14)5-9/h2-5,17H,6H2,1H3. The van der Waals surface area contributed by atoms with E-state index in [2.05, 4.69) is 25.9 Å². The number of hydrogen-bond acceptors (Lipinski definition) is 4. The third kappa shape index (κ3) is 3.02. The number of aliphatic hydroxyl groups is 1. The van der Waals surface area contributed by atoms with E-state index in [9.17, 15) is 4.39 Å². The van der Waals surface area contributed by atoms with Gasteiger partial charge in [0.1, 0.15) is 11.6 Å². The van der Waals surface area contributed by atoms with Crippen molar-refractivity contribution in [2.24, 2.45) is 0 Å². The zero-order valence-electron chi connectivity index (χ0n) is 9.52. The molecule has 2 aromatic rings. The molecule has 1 heterocycles. The molecule has 0 radical (unpaired) electrons. The van der Waals surface area contributed by atoms with Crippen LogP contribution in [0.3, 0.4) is 0 Å². The molecule has 1 aromatic heterocycles. The van der Waals surface area contributed by atoms with E-state index in [1.54, 1.807) is 19.1 Å². The first-order valence-electron chi connectivity index (χ1n) is 5.17. The van der Waals surface area contributed by atoms with Gasteiger partial charge in [0.2, 0.25) is 0 Å². The van der Waals surface area contributed by atoms with Gasteiger partial charge in [0, 0.05) is 11.8 Å². The Morgan fingerprint density at radius 3 is 2.78 bits per heavy atom. The fourth-order valence-corrected chi connectivity index (χ4v) is 1.62. The zero-order chi connectivity index (χ0) is 13.1. The quantitative estimate of drug-likeness (QED) is 0.946. The second-order valence-corrected chi connectivity index (χ2v) is 4.47. The summed E-state index contributed by atoms with van der Waals surface area (Å²) in [5, 5.41) is 9.02. The Kier molecular flexibility index (Phi) is 3.88. The van der Waals surface area contributed by atoms with Gasteiger partial charge in [0.25, 0.3) is 0 Å². The highest BCUT2D eigenvalue weighted by molar-refractivity contribution is 9.10. The van der Waals surface area contributed by atoms with Crippen molar-refractivity contribution < 1.29 is 14.2 Å². The molecular formula is C12H10BrFN2O2. The third-order valence-corrected chi connectivity index (χ3v) is 2.79. The molecule has 0 fully saturated rings. The molecule has 1 N–H and O–H groups in total. The van der Waals surface area contributed by atoms with Gasteiger partial charge in [-0.3, -0.25) is 0 Å². The van der Waals surface area contributed by atoms with Crippen LogP contribution >= 0.6 is 15.9 Å². The Morgan fingerprint density at radius 1 is 1.33 bits per heavy atom. The van der Waals surface area contributed by atoms with E-state index in [0.717, 1.165) is 0 Å². The fraction of sp³-hybridized carbons (Fsp3) is 0.167. The van der Waals surface area contributed by atoms with Crippen molar-refractivity contribution in [3.8, 4) is 11.8 Å². The van der Waals surface area contributed by atoms with Crippen molar-refractivity contribution >= 4 is 15.9 Å². The monoisotopic (exact) mass is 312 g/mol. The van der Waals surface area contributed by atoms with Gasteiger partial charge in [0.15, 0.2) is 0 Å². The molecule has 0 aliphatic rings. The summed E-state index contributed by atoms with van der Waals surface area (Å²) in [5.41, 5.74) is 1.12. The predicted octanol–water partition coefficient (Wildman–Crippen LogP) is 2.97. The number of benzene rings is 1. The lowest BCUT2D eigenvalue weighted by atomic mass is 10.3. The lowest BCUT2D eigenvalue weighted by molar-refractivity contribution is 0.274. The Morgan fingerprint density at radius 2 is 2.11 bits per heavy atom. The minimum Gasteiger partial charge on any atom is -0.424 e. The van der Waals surface area contributed by atoms with Crippen molar-refractivity contribution in [3.05, 3.63) is 45.9 Å². The topological polar surface area (TPSA) is 55.2 Å². The Bertz CT molecular complexity index is 578. The summed E-state index contributed by atoms with van der Waals surface area (Å²) in [6, 6.07) is 6.09. The summed E-state index contributed by atoms with van der Waals surface area (Å²) in [6.07, 6.45) is 0. The van der Waals surface area contributed by atoms with Gasteiger partial charge in [0.05, 0.1) is 16.8 Å². The maximum Gasteiger partial charge on any atom is 0.322 e. The molecule has 0 bridgehead atoms. The lowest BCUT2D eigenvalue weighted by Crippen LogP contribution is -1.98. The van der Waals surface area contributed by atoms with Crippen LogP contribution in [0.1, 0.15) is 11.4 Å². The number of ether oxygens (including phenoxy) is 1. The van der Waals surface area contributed by atoms with Crippen molar-refractivity contribution in [2.75, 3.05) is 0 Å². The summed E-state index contributed by atoms with van der Waals surface area (Å²) < 4.78 is 19.0. The van der Waals surface area contributed by atoms with Crippen LogP contribution in [-0.4, -0.2) is 15.1 Å². The van der Waals surface area contributed by atoms with Crippen LogP contribution in [0.15, 0.2) is 28.7 Å². The summed E-state index contributed by atoms with van der Waals surface area (Å²) in [6.45, 7) is 1.56. The molecule has 2 rings (SSSR count). The second-order valence-electron chi connectivity index (χ2n) is 3.62. The van der Waals surface area contributed by atoms with E-state index in [4.69, 9.17) is 9.84 Å². The first-order valence-corrected chi connectivity index (χ1v) is 5.96. The van der Waals surface area contributed by atoms with Gasteiger partial charge in [-0.2, -0.15) is 4.98 Å². The van der Waals surface area contributed by atoms with E-state index in [0.29, 0.717) is 21.6 Å². The highest BCUT2D eigenvalue weighted by atomic mass is 79.9. The van der Waals surface area contributed by atoms with E-state index in [-0.39, 0.29) is 12.6 Å². The van der Waals surface area contributed by atoms with E-state index < -0.39 is 5.82 Å². The maximum atomic E-state index is 13.3. The molecule has 0 atom stereocenters. The number of halogens is 2. The first kappa shape index (κ1) is 12.9. The minimum absolute atomic E-state index is 0.0840. The van der Waals surface area contributed by atoms with E-state index in [1.165, 1.54) is 12.1 Å². The molecule has 0 saturated carbocycles. The van der Waals surface area contributed by atoms with E-state index >= 15 is 0 Å². The van der Waals surface area contributed by atoms with Gasteiger partial charge in [-0.15, -0.1) is 0 Å². The molecule has 4 nitrogen and oxygen atoms in total. The van der Waals surface area contributed by atoms with Crippen LogP contribution in [0.2, 0.25) is 0 Å². The average molecular weight is 313 g/mol. The highest BCUT2D eigenvalue weighted by Crippen LogP contribution is 2.24. The van der Waals surface area contributed by atoms with Gasteiger partial charge in [-0.05, 0) is 41.1 Å². The summed E-state index contributed by atoms with van der Waals surface area (Å²) in [7, 11) is 0. The highest BCUT2D eigenvalue weighted by Gasteiger charge is 2.06. The van der Waals surface area contributed by atoms with Crippen LogP contribution < -0.4 is 4.74 Å². The molecular weight excluding hydrogens is 303 g/mol. The van der Waals surface area contributed by atoms with Crippen molar-refractivity contribution in [1.82, 2.24) is 9.97 Å². The van der Waals surface area contributed by atoms with E-state index in [1.807, 2.05) is 0 Å². The number of aryl methyl sites for hydroxylation is 1. The number of aliphatic hydroxyl groups excluding tert-OH is 1. The van der Waals surface area contributed by atoms with Crippen molar-refractivity contribution in [1.29, 1.82) is 0 Å². The number of aromatic nitrogens is 2. The lowest BCUT2D eigenvalue weighted by Gasteiger charge is -2.06. The number of nitrogens with zero attached hydrogens (tertiary/aromatic N) is 2. The van der Waals surface area contributed by atoms with Crippen molar-refractivity contribution in [2.45, 2.75) is 13.5 Å². The van der Waals surface area contributed by atoms with Crippen molar-refractivity contribution in [3.63, 3.8) is 0 Å². The van der Waals surface area contributed by atoms with Gasteiger partial charge >= 0.3 is 6.01 Å². The molecule has 0 unspecified atom stereocenters. The second kappa shape index (κ2) is 5.41. The summed E-state index contributed by atoms with van der Waals surface area (Å²) in [4.78, 5) is 8.03. The minimum atomic E-state index is -0.428. The molecule has 0 amide bonds. The maximum absolute atomic E-state index is 13.3. The SMILES string of the molecule is Cc1cc(CO)nc(Oc2ccc(Br)c(F)c2)n1. The van der Waals surface area contributed by atoms with Crippen LogP contribution in [0.4, 0.5) is 4.39 Å². The molecule has 94 valence electrons. The summed E-state index contributed by atoms with van der Waals surface area (Å²) in [5.74, 6) is -0.132. The Labute approximate surface area is 112 Å². The normalized spacial score (nSPS) is 10.4. The fourth-order valence-electron chi connectivity index (χ4n) is 1.38. The number of hydrogen-bond donors (Lipinski definition) is 1. The molecule has 0 saturated heterocycles. The smallest absolute Gasteiger partial charge is 0.322 e. The Hall–Kier alpha value is -1.53. The molecule has 0 aliphatic heterocycles. The summed E-state index contributed by atoms with van der Waals surface area (Å²) >= 11 is 3.05. The third-order valence-electron chi connectivity index (χ3n) is 2.15. The van der Waals surface area contributed by atoms with Gasteiger partial charge in [-0.25, -0.2) is 9.37 Å². The van der Waals surface area contributed by atoms with Gasteiger partial charge < -0.3 is 9.84 Å². The molecule has 1 aromatic carbocycles. The Balaban J connectivity index is 2.27. The molecule has 0 spiro atoms. The van der Waals surface area contributed by atoms with Crippen LogP contribution in [0.5, 0.6) is 11.8 Å².